The van der Waals surface area contributed by atoms with Gasteiger partial charge >= 0.3 is 5.97 Å². The summed E-state index contributed by atoms with van der Waals surface area (Å²) in [6, 6.07) is 1.73. The zero-order valence-electron chi connectivity index (χ0n) is 6.70. The predicted molar refractivity (Wildman–Crippen MR) is 57.1 cm³/mol. The van der Waals surface area contributed by atoms with Crippen LogP contribution in [0.15, 0.2) is 20.7 Å². The second kappa shape index (κ2) is 3.21. The normalized spacial score (nSPS) is 10.6. The van der Waals surface area contributed by atoms with E-state index in [1.807, 2.05) is 0 Å². The first-order valence-corrected chi connectivity index (χ1v) is 5.31. The van der Waals surface area contributed by atoms with Gasteiger partial charge in [0.25, 0.3) is 5.56 Å². The lowest BCUT2D eigenvalue weighted by Gasteiger charge is -1.98. The highest BCUT2D eigenvalue weighted by atomic mass is 79.9. The van der Waals surface area contributed by atoms with Crippen molar-refractivity contribution in [2.75, 3.05) is 0 Å². The maximum atomic E-state index is 11.3. The minimum Gasteiger partial charge on any atom is -0.477 e. The number of hydrogen-bond donors (Lipinski definition) is 2. The van der Waals surface area contributed by atoms with Gasteiger partial charge in [0.15, 0.2) is 0 Å². The first kappa shape index (κ1) is 9.42. The number of H-pyrrole nitrogens is 1. The number of thiophene rings is 1. The summed E-state index contributed by atoms with van der Waals surface area (Å²) >= 11 is 4.50. The Balaban J connectivity index is 2.96. The number of aromatic nitrogens is 1. The van der Waals surface area contributed by atoms with Crippen molar-refractivity contribution in [3.63, 3.8) is 0 Å². The number of hydrogen-bond acceptors (Lipinski definition) is 3. The van der Waals surface area contributed by atoms with Gasteiger partial charge in [-0.1, -0.05) is 0 Å². The van der Waals surface area contributed by atoms with Crippen LogP contribution in [-0.2, 0) is 0 Å². The lowest BCUT2D eigenvalue weighted by atomic mass is 10.2. The third kappa shape index (κ3) is 1.27. The van der Waals surface area contributed by atoms with Crippen molar-refractivity contribution in [3.05, 3.63) is 31.8 Å². The van der Waals surface area contributed by atoms with E-state index in [-0.39, 0.29) is 5.56 Å². The number of carboxylic acid groups (broad SMARTS) is 1. The molecule has 0 unspecified atom stereocenters. The zero-order valence-corrected chi connectivity index (χ0v) is 9.11. The highest BCUT2D eigenvalue weighted by molar-refractivity contribution is 9.10. The highest BCUT2D eigenvalue weighted by Gasteiger charge is 2.17. The molecule has 0 amide bonds. The van der Waals surface area contributed by atoms with Gasteiger partial charge in [0, 0.05) is 0 Å². The maximum absolute atomic E-state index is 11.3. The van der Waals surface area contributed by atoms with E-state index >= 15 is 0 Å². The van der Waals surface area contributed by atoms with Crippen molar-refractivity contribution in [3.8, 4) is 0 Å². The van der Waals surface area contributed by atoms with Gasteiger partial charge < -0.3 is 10.1 Å². The van der Waals surface area contributed by atoms with Crippen LogP contribution in [0.2, 0.25) is 0 Å². The largest absolute Gasteiger partial charge is 0.477 e. The number of rotatable bonds is 1. The quantitative estimate of drug-likeness (QED) is 0.836. The number of halogens is 1. The molecular weight excluding hydrogens is 270 g/mol. The summed E-state index contributed by atoms with van der Waals surface area (Å²) < 4.78 is 1.08. The number of carbonyl (C=O) groups is 1. The van der Waals surface area contributed by atoms with Gasteiger partial charge in [-0.3, -0.25) is 4.79 Å². The van der Waals surface area contributed by atoms with E-state index in [9.17, 15) is 9.59 Å². The van der Waals surface area contributed by atoms with E-state index in [0.717, 1.165) is 4.70 Å². The molecule has 2 heterocycles. The highest BCUT2D eigenvalue weighted by Crippen LogP contribution is 2.28. The smallest absolute Gasteiger partial charge is 0.342 e. The molecule has 72 valence electrons. The fraction of sp³-hybridized carbons (Fsp3) is 0. The summed E-state index contributed by atoms with van der Waals surface area (Å²) in [5.41, 5.74) is -0.188. The second-order valence-corrected chi connectivity index (χ2v) is 4.32. The summed E-state index contributed by atoms with van der Waals surface area (Å²) in [5, 5.41) is 10.6. The maximum Gasteiger partial charge on any atom is 0.342 e. The Morgan fingerprint density at radius 3 is 2.93 bits per heavy atom. The minimum atomic E-state index is -1.23. The Bertz CT molecular complexity index is 571. The Labute approximate surface area is 90.3 Å². The van der Waals surface area contributed by atoms with Gasteiger partial charge in [0.2, 0.25) is 0 Å². The molecule has 0 aromatic carbocycles. The molecule has 0 aliphatic heterocycles. The standard InChI is InChI=1S/C8H4BrNO3S/c9-5-4(8(12)13)7(11)10-3-1-2-14-6(3)5/h1-2H,(H,10,11)(H,12,13). The first-order valence-electron chi connectivity index (χ1n) is 3.63. The third-order valence-electron chi connectivity index (χ3n) is 1.77. The number of pyridine rings is 1. The molecule has 2 rings (SSSR count). The van der Waals surface area contributed by atoms with Crippen LogP contribution >= 0.6 is 27.3 Å². The van der Waals surface area contributed by atoms with Crippen molar-refractivity contribution in [1.82, 2.24) is 4.98 Å². The zero-order chi connectivity index (χ0) is 10.3. The van der Waals surface area contributed by atoms with Crippen molar-refractivity contribution in [2.45, 2.75) is 0 Å². The van der Waals surface area contributed by atoms with E-state index in [1.54, 1.807) is 11.4 Å². The summed E-state index contributed by atoms with van der Waals surface area (Å²) in [6.45, 7) is 0. The lowest BCUT2D eigenvalue weighted by Crippen LogP contribution is -2.17. The minimum absolute atomic E-state index is 0.250. The molecule has 0 bridgehead atoms. The monoisotopic (exact) mass is 273 g/mol. The van der Waals surface area contributed by atoms with Gasteiger partial charge in [-0.15, -0.1) is 11.3 Å². The van der Waals surface area contributed by atoms with E-state index in [0.29, 0.717) is 9.99 Å². The lowest BCUT2D eigenvalue weighted by molar-refractivity contribution is 0.0694. The number of carboxylic acids is 1. The van der Waals surface area contributed by atoms with Crippen LogP contribution in [0.5, 0.6) is 0 Å². The van der Waals surface area contributed by atoms with Gasteiger partial charge in [0.05, 0.1) is 14.7 Å². The Morgan fingerprint density at radius 2 is 2.29 bits per heavy atom. The Hall–Kier alpha value is -1.14. The van der Waals surface area contributed by atoms with Crippen LogP contribution in [0.25, 0.3) is 10.2 Å². The van der Waals surface area contributed by atoms with Crippen molar-refractivity contribution in [1.29, 1.82) is 0 Å². The van der Waals surface area contributed by atoms with Crippen molar-refractivity contribution in [2.24, 2.45) is 0 Å². The number of aromatic carboxylic acids is 1. The first-order chi connectivity index (χ1) is 6.61. The van der Waals surface area contributed by atoms with Crippen LogP contribution < -0.4 is 5.56 Å². The molecule has 2 N–H and O–H groups in total. The molecule has 0 atom stereocenters. The van der Waals surface area contributed by atoms with E-state index in [4.69, 9.17) is 5.11 Å². The van der Waals surface area contributed by atoms with Crippen LogP contribution in [0.1, 0.15) is 10.4 Å². The van der Waals surface area contributed by atoms with E-state index in [1.165, 1.54) is 11.3 Å². The van der Waals surface area contributed by atoms with Crippen LogP contribution in [0.3, 0.4) is 0 Å². The topological polar surface area (TPSA) is 70.2 Å². The average Bonchev–Trinajstić information content (AvgIpc) is 2.50. The number of nitrogens with one attached hydrogen (secondary N) is 1. The van der Waals surface area contributed by atoms with Crippen LogP contribution in [0, 0.1) is 0 Å². The van der Waals surface area contributed by atoms with Crippen LogP contribution in [-0.4, -0.2) is 16.1 Å². The molecule has 0 aliphatic rings. The van der Waals surface area contributed by atoms with Crippen LogP contribution in [0.4, 0.5) is 0 Å². The molecule has 0 fully saturated rings. The predicted octanol–water partition coefficient (Wildman–Crippen LogP) is 2.05. The van der Waals surface area contributed by atoms with E-state index in [2.05, 4.69) is 20.9 Å². The summed E-state index contributed by atoms with van der Waals surface area (Å²) in [6.07, 6.45) is 0. The van der Waals surface area contributed by atoms with Gasteiger partial charge in [-0.05, 0) is 27.4 Å². The fourth-order valence-corrected chi connectivity index (χ4v) is 2.80. The van der Waals surface area contributed by atoms with E-state index < -0.39 is 11.5 Å². The molecule has 0 saturated carbocycles. The second-order valence-electron chi connectivity index (χ2n) is 2.61. The van der Waals surface area contributed by atoms with Crippen molar-refractivity contribution < 1.29 is 9.90 Å². The Kier molecular flexibility index (Phi) is 2.16. The SMILES string of the molecule is O=C(O)c1c(Br)c2sccc2[nH]c1=O. The summed E-state index contributed by atoms with van der Waals surface area (Å²) in [7, 11) is 0. The van der Waals surface area contributed by atoms with Gasteiger partial charge in [0.1, 0.15) is 5.56 Å². The summed E-state index contributed by atoms with van der Waals surface area (Å²) in [4.78, 5) is 24.6. The van der Waals surface area contributed by atoms with Gasteiger partial charge in [-0.2, -0.15) is 0 Å². The number of aromatic amines is 1. The molecule has 14 heavy (non-hydrogen) atoms. The molecule has 0 saturated heterocycles. The average molecular weight is 274 g/mol. The van der Waals surface area contributed by atoms with Crippen molar-refractivity contribution >= 4 is 43.5 Å². The molecule has 0 radical (unpaired) electrons. The molecule has 0 aliphatic carbocycles. The fourth-order valence-electron chi connectivity index (χ4n) is 1.17. The molecule has 4 nitrogen and oxygen atoms in total. The molecular formula is C8H4BrNO3S. The summed E-state index contributed by atoms with van der Waals surface area (Å²) in [5.74, 6) is -1.23. The molecule has 6 heteroatoms. The molecule has 0 spiro atoms. The molecule has 2 aromatic heterocycles. The third-order valence-corrected chi connectivity index (χ3v) is 3.76. The Morgan fingerprint density at radius 1 is 1.57 bits per heavy atom. The molecule has 2 aromatic rings. The van der Waals surface area contributed by atoms with Gasteiger partial charge in [-0.25, -0.2) is 4.79 Å². The number of fused-ring (bicyclic) bond motifs is 1.